The second-order valence-corrected chi connectivity index (χ2v) is 10.3. The average molecular weight is 478 g/mol. The molecule has 4 unspecified atom stereocenters. The van der Waals surface area contributed by atoms with Gasteiger partial charge in [-0.05, 0) is 61.5 Å². The van der Waals surface area contributed by atoms with Crippen LogP contribution in [0.15, 0.2) is 48.5 Å². The first-order valence-corrected chi connectivity index (χ1v) is 12.1. The molecule has 184 valence electrons. The molecule has 0 saturated heterocycles. The van der Waals surface area contributed by atoms with Crippen LogP contribution in [0.4, 0.5) is 4.79 Å². The van der Waals surface area contributed by atoms with Crippen molar-refractivity contribution < 1.29 is 24.2 Å². The van der Waals surface area contributed by atoms with Crippen molar-refractivity contribution in [2.24, 2.45) is 11.3 Å². The third-order valence-electron chi connectivity index (χ3n) is 7.68. The van der Waals surface area contributed by atoms with Gasteiger partial charge in [0.2, 0.25) is 5.91 Å². The molecule has 8 heteroatoms. The monoisotopic (exact) mass is 477 g/mol. The van der Waals surface area contributed by atoms with Gasteiger partial charge in [-0.15, -0.1) is 0 Å². The molecular formula is C27H31N3O5. The second-order valence-electron chi connectivity index (χ2n) is 10.3. The Morgan fingerprint density at radius 2 is 1.69 bits per heavy atom. The van der Waals surface area contributed by atoms with E-state index in [1.165, 1.54) is 0 Å². The van der Waals surface area contributed by atoms with Gasteiger partial charge in [-0.25, -0.2) is 4.79 Å². The van der Waals surface area contributed by atoms with Gasteiger partial charge in [0.15, 0.2) is 0 Å². The lowest BCUT2D eigenvalue weighted by atomic mass is 9.98. The first-order chi connectivity index (χ1) is 16.8. The van der Waals surface area contributed by atoms with Crippen LogP contribution in [0, 0.1) is 11.3 Å². The van der Waals surface area contributed by atoms with E-state index < -0.39 is 23.5 Å². The van der Waals surface area contributed by atoms with Crippen LogP contribution in [0.2, 0.25) is 0 Å². The summed E-state index contributed by atoms with van der Waals surface area (Å²) >= 11 is 0. The van der Waals surface area contributed by atoms with E-state index in [4.69, 9.17) is 4.74 Å². The highest BCUT2D eigenvalue weighted by molar-refractivity contribution is 5.87. The maximum Gasteiger partial charge on any atom is 0.407 e. The number of likely N-dealkylation sites (N-methyl/N-ethyl adjacent to an activating group) is 1. The van der Waals surface area contributed by atoms with Crippen LogP contribution in [0.1, 0.15) is 36.3 Å². The minimum absolute atomic E-state index is 0.0632. The number of nitrogens with zero attached hydrogens (tertiary/aromatic N) is 1. The maximum atomic E-state index is 13.0. The summed E-state index contributed by atoms with van der Waals surface area (Å²) in [4.78, 5) is 39.1. The fourth-order valence-electron chi connectivity index (χ4n) is 5.91. The second kappa shape index (κ2) is 9.00. The lowest BCUT2D eigenvalue weighted by Crippen LogP contribution is -2.53. The van der Waals surface area contributed by atoms with E-state index in [2.05, 4.69) is 34.9 Å². The number of fused-ring (bicyclic) bond motifs is 4. The number of carboxylic acid groups (broad SMARTS) is 1. The van der Waals surface area contributed by atoms with Gasteiger partial charge in [-0.3, -0.25) is 9.59 Å². The van der Waals surface area contributed by atoms with E-state index in [1.807, 2.05) is 43.3 Å². The zero-order valence-electron chi connectivity index (χ0n) is 20.0. The van der Waals surface area contributed by atoms with Gasteiger partial charge < -0.3 is 25.4 Å². The predicted molar refractivity (Wildman–Crippen MR) is 130 cm³/mol. The Hall–Kier alpha value is -3.39. The molecule has 3 N–H and O–H groups in total. The summed E-state index contributed by atoms with van der Waals surface area (Å²) in [6.07, 6.45) is 1.15. The standard InChI is InChI=1S/C27H31N3O5/c1-30(2)14-23(24(31)28-17-11-16-12-27(16,13-17)25(32)33)29-26(34)35-15-22-20-9-5-3-7-18(20)19-8-4-6-10-21(19)22/h3-10,16-17,22-23H,11-15H2,1-2H3,(H,28,31)(H,29,34)(H,32,33). The SMILES string of the molecule is CN(C)CC(NC(=O)OCC1c2ccccc2-c2ccccc21)C(=O)NC1CC2CC2(C(=O)O)C1. The molecule has 0 radical (unpaired) electrons. The summed E-state index contributed by atoms with van der Waals surface area (Å²) in [6.45, 7) is 0.470. The van der Waals surface area contributed by atoms with E-state index in [0.717, 1.165) is 22.3 Å². The minimum atomic E-state index is -0.807. The molecule has 5 rings (SSSR count). The molecule has 4 atom stereocenters. The van der Waals surface area contributed by atoms with Crippen molar-refractivity contribution in [1.82, 2.24) is 15.5 Å². The predicted octanol–water partition coefficient (Wildman–Crippen LogP) is 2.82. The number of hydrogen-bond donors (Lipinski definition) is 3. The first-order valence-electron chi connectivity index (χ1n) is 12.1. The zero-order chi connectivity index (χ0) is 24.7. The Balaban J connectivity index is 1.20. The number of carbonyl (C=O) groups is 3. The first kappa shape index (κ1) is 23.4. The molecule has 2 aromatic carbocycles. The van der Waals surface area contributed by atoms with Crippen LogP contribution >= 0.6 is 0 Å². The van der Waals surface area contributed by atoms with Crippen molar-refractivity contribution >= 4 is 18.0 Å². The van der Waals surface area contributed by atoms with E-state index in [1.54, 1.807) is 0 Å². The summed E-state index contributed by atoms with van der Waals surface area (Å²) in [5.41, 5.74) is 3.87. The number of aliphatic carboxylic acids is 1. The average Bonchev–Trinajstić information content (AvgIpc) is 3.26. The van der Waals surface area contributed by atoms with Crippen LogP contribution in [-0.2, 0) is 14.3 Å². The Labute approximate surface area is 204 Å². The summed E-state index contributed by atoms with van der Waals surface area (Å²) < 4.78 is 5.62. The molecule has 0 aromatic heterocycles. The molecule has 0 spiro atoms. The minimum Gasteiger partial charge on any atom is -0.481 e. The molecule has 2 saturated carbocycles. The quantitative estimate of drug-likeness (QED) is 0.540. The van der Waals surface area contributed by atoms with E-state index >= 15 is 0 Å². The fourth-order valence-corrected chi connectivity index (χ4v) is 5.91. The van der Waals surface area contributed by atoms with E-state index in [-0.39, 0.29) is 30.4 Å². The molecule has 0 bridgehead atoms. The number of amides is 2. The van der Waals surface area contributed by atoms with Crippen molar-refractivity contribution in [3.63, 3.8) is 0 Å². The molecule has 0 aliphatic heterocycles. The summed E-state index contributed by atoms with van der Waals surface area (Å²) in [7, 11) is 3.65. The molecule has 2 fully saturated rings. The normalized spacial score (nSPS) is 24.8. The highest BCUT2D eigenvalue weighted by atomic mass is 16.5. The van der Waals surface area contributed by atoms with Gasteiger partial charge >= 0.3 is 12.1 Å². The maximum absolute atomic E-state index is 13.0. The van der Waals surface area contributed by atoms with Gasteiger partial charge in [0, 0.05) is 18.5 Å². The van der Waals surface area contributed by atoms with Crippen molar-refractivity contribution in [2.45, 2.75) is 37.3 Å². The number of rotatable bonds is 8. The summed E-state index contributed by atoms with van der Waals surface area (Å²) in [6, 6.07) is 15.2. The van der Waals surface area contributed by atoms with Gasteiger partial charge in [0.25, 0.3) is 0 Å². The number of ether oxygens (including phenoxy) is 1. The third kappa shape index (κ3) is 4.38. The van der Waals surface area contributed by atoms with Gasteiger partial charge in [-0.1, -0.05) is 48.5 Å². The summed E-state index contributed by atoms with van der Waals surface area (Å²) in [5.74, 6) is -1.03. The molecule has 0 heterocycles. The molecule has 2 amide bonds. The Kier molecular flexibility index (Phi) is 6.01. The third-order valence-corrected chi connectivity index (χ3v) is 7.68. The number of benzene rings is 2. The highest BCUT2D eigenvalue weighted by Gasteiger charge is 2.65. The van der Waals surface area contributed by atoms with Crippen molar-refractivity contribution in [3.05, 3.63) is 59.7 Å². The number of carboxylic acids is 1. The van der Waals surface area contributed by atoms with E-state index in [0.29, 0.717) is 25.8 Å². The number of nitrogens with one attached hydrogen (secondary N) is 2. The molecular weight excluding hydrogens is 446 g/mol. The molecule has 8 nitrogen and oxygen atoms in total. The fraction of sp³-hybridized carbons (Fsp3) is 0.444. The van der Waals surface area contributed by atoms with Gasteiger partial charge in [0.1, 0.15) is 12.6 Å². The van der Waals surface area contributed by atoms with Crippen LogP contribution in [-0.4, -0.2) is 67.3 Å². The van der Waals surface area contributed by atoms with E-state index in [9.17, 15) is 19.5 Å². The highest BCUT2D eigenvalue weighted by Crippen LogP contribution is 2.63. The number of alkyl carbamates (subject to hydrolysis) is 1. The summed E-state index contributed by atoms with van der Waals surface area (Å²) in [5, 5.41) is 15.2. The van der Waals surface area contributed by atoms with Crippen LogP contribution in [0.25, 0.3) is 11.1 Å². The molecule has 3 aliphatic carbocycles. The Bertz CT molecular complexity index is 1120. The van der Waals surface area contributed by atoms with Crippen molar-refractivity contribution in [2.75, 3.05) is 27.2 Å². The lowest BCUT2D eigenvalue weighted by Gasteiger charge is -2.24. The van der Waals surface area contributed by atoms with Crippen molar-refractivity contribution in [3.8, 4) is 11.1 Å². The zero-order valence-corrected chi connectivity index (χ0v) is 20.0. The smallest absolute Gasteiger partial charge is 0.407 e. The molecule has 3 aliphatic rings. The van der Waals surface area contributed by atoms with Gasteiger partial charge in [0.05, 0.1) is 5.41 Å². The molecule has 2 aromatic rings. The largest absolute Gasteiger partial charge is 0.481 e. The number of hydrogen-bond acceptors (Lipinski definition) is 5. The van der Waals surface area contributed by atoms with Crippen LogP contribution < -0.4 is 10.6 Å². The number of carbonyl (C=O) groups excluding carboxylic acids is 2. The topological polar surface area (TPSA) is 108 Å². The van der Waals surface area contributed by atoms with Crippen LogP contribution in [0.3, 0.4) is 0 Å². The van der Waals surface area contributed by atoms with Crippen LogP contribution in [0.5, 0.6) is 0 Å². The molecule has 35 heavy (non-hydrogen) atoms. The van der Waals surface area contributed by atoms with Crippen molar-refractivity contribution in [1.29, 1.82) is 0 Å². The lowest BCUT2D eigenvalue weighted by molar-refractivity contribution is -0.143. The Morgan fingerprint density at radius 3 is 2.26 bits per heavy atom. The van der Waals surface area contributed by atoms with Gasteiger partial charge in [-0.2, -0.15) is 0 Å². The Morgan fingerprint density at radius 1 is 1.06 bits per heavy atom.